The Labute approximate surface area is 122 Å². The summed E-state index contributed by atoms with van der Waals surface area (Å²) in [6.07, 6.45) is 1.49. The number of carbonyl (C=O) groups excluding carboxylic acids is 1. The molecule has 0 aromatic heterocycles. The predicted molar refractivity (Wildman–Crippen MR) is 77.8 cm³/mol. The highest BCUT2D eigenvalue weighted by atomic mass is 32.2. The van der Waals surface area contributed by atoms with Crippen LogP contribution in [-0.4, -0.2) is 32.1 Å². The smallest absolute Gasteiger partial charge is 0.328 e. The molecule has 0 unspecified atom stereocenters. The maximum absolute atomic E-state index is 11.6. The molecular formula is C13H16N2O5S. The number of hydrogen-bond donors (Lipinski definition) is 3. The lowest BCUT2D eigenvalue weighted by Gasteiger charge is -2.05. The van der Waals surface area contributed by atoms with Gasteiger partial charge in [-0.05, 0) is 18.1 Å². The van der Waals surface area contributed by atoms with Gasteiger partial charge in [0.15, 0.2) is 0 Å². The van der Waals surface area contributed by atoms with Gasteiger partial charge in [-0.2, -0.15) is 0 Å². The minimum absolute atomic E-state index is 0.0794. The Morgan fingerprint density at radius 3 is 2.48 bits per heavy atom. The molecule has 114 valence electrons. The lowest BCUT2D eigenvalue weighted by atomic mass is 10.2. The van der Waals surface area contributed by atoms with Crippen molar-refractivity contribution in [3.63, 3.8) is 0 Å². The molecule has 8 heteroatoms. The summed E-state index contributed by atoms with van der Waals surface area (Å²) >= 11 is 0. The number of amides is 2. The average molecular weight is 312 g/mol. The number of benzene rings is 1. The average Bonchev–Trinajstić information content (AvgIpc) is 2.42. The van der Waals surface area contributed by atoms with Crippen LogP contribution in [0.25, 0.3) is 6.08 Å². The third-order valence-corrected chi connectivity index (χ3v) is 3.29. The van der Waals surface area contributed by atoms with Crippen molar-refractivity contribution in [1.82, 2.24) is 10.0 Å². The van der Waals surface area contributed by atoms with Gasteiger partial charge in [0, 0.05) is 13.0 Å². The van der Waals surface area contributed by atoms with E-state index in [0.717, 1.165) is 5.41 Å². The maximum atomic E-state index is 11.6. The predicted octanol–water partition coefficient (Wildman–Crippen LogP) is 1.15. The van der Waals surface area contributed by atoms with Crippen LogP contribution in [0.15, 0.2) is 35.7 Å². The third-order valence-electron chi connectivity index (χ3n) is 2.33. The molecule has 0 aliphatic carbocycles. The molecule has 0 atom stereocenters. The first-order chi connectivity index (χ1) is 9.89. The Morgan fingerprint density at radius 1 is 1.19 bits per heavy atom. The second-order valence-corrected chi connectivity index (χ2v) is 5.68. The number of nitrogens with one attached hydrogen (secondary N) is 2. The van der Waals surface area contributed by atoms with Gasteiger partial charge in [-0.1, -0.05) is 30.3 Å². The van der Waals surface area contributed by atoms with Crippen molar-refractivity contribution in [2.24, 2.45) is 0 Å². The Kier molecular flexibility index (Phi) is 6.41. The summed E-state index contributed by atoms with van der Waals surface area (Å²) in [5.74, 6) is -0.976. The molecule has 0 saturated carbocycles. The van der Waals surface area contributed by atoms with Crippen molar-refractivity contribution in [2.45, 2.75) is 12.8 Å². The van der Waals surface area contributed by atoms with Gasteiger partial charge in [-0.25, -0.2) is 17.9 Å². The number of hydrogen-bond acceptors (Lipinski definition) is 4. The zero-order valence-corrected chi connectivity index (χ0v) is 12.0. The van der Waals surface area contributed by atoms with Crippen LogP contribution in [0.1, 0.15) is 18.4 Å². The van der Waals surface area contributed by atoms with Crippen molar-refractivity contribution >= 4 is 28.1 Å². The molecule has 0 spiro atoms. The molecule has 1 rings (SSSR count). The second kappa shape index (κ2) is 8.05. The minimum atomic E-state index is -3.89. The lowest BCUT2D eigenvalue weighted by Crippen LogP contribution is -2.38. The fraction of sp³-hybridized carbons (Fsp3) is 0.231. The van der Waals surface area contributed by atoms with E-state index in [4.69, 9.17) is 5.11 Å². The van der Waals surface area contributed by atoms with Crippen molar-refractivity contribution < 1.29 is 23.1 Å². The SMILES string of the molecule is O=C(O)CCCNC(=O)NS(=O)(=O)C=Cc1ccccc1. The van der Waals surface area contributed by atoms with Crippen LogP contribution in [0.5, 0.6) is 0 Å². The highest BCUT2D eigenvalue weighted by molar-refractivity contribution is 7.93. The molecule has 1 aromatic rings. The summed E-state index contributed by atoms with van der Waals surface area (Å²) < 4.78 is 25.0. The molecule has 0 fully saturated rings. The summed E-state index contributed by atoms with van der Waals surface area (Å²) in [6, 6.07) is 7.87. The number of aliphatic carboxylic acids is 1. The quantitative estimate of drug-likeness (QED) is 0.654. The van der Waals surface area contributed by atoms with Crippen LogP contribution in [0, 0.1) is 0 Å². The van der Waals surface area contributed by atoms with Crippen molar-refractivity contribution in [3.05, 3.63) is 41.3 Å². The van der Waals surface area contributed by atoms with E-state index in [9.17, 15) is 18.0 Å². The number of urea groups is 1. The molecule has 7 nitrogen and oxygen atoms in total. The molecule has 0 aliphatic heterocycles. The first-order valence-corrected chi connectivity index (χ1v) is 7.69. The van der Waals surface area contributed by atoms with Gasteiger partial charge in [0.1, 0.15) is 0 Å². The zero-order chi connectivity index (χ0) is 15.7. The van der Waals surface area contributed by atoms with E-state index in [1.165, 1.54) is 6.08 Å². The van der Waals surface area contributed by atoms with E-state index in [-0.39, 0.29) is 19.4 Å². The Balaban J connectivity index is 2.43. The first kappa shape index (κ1) is 16.7. The third kappa shape index (κ3) is 7.73. The largest absolute Gasteiger partial charge is 0.481 e. The number of carboxylic acid groups (broad SMARTS) is 1. The van der Waals surface area contributed by atoms with E-state index in [1.54, 1.807) is 35.1 Å². The topological polar surface area (TPSA) is 113 Å². The van der Waals surface area contributed by atoms with E-state index in [2.05, 4.69) is 5.32 Å². The van der Waals surface area contributed by atoms with Crippen LogP contribution in [-0.2, 0) is 14.8 Å². The van der Waals surface area contributed by atoms with Crippen molar-refractivity contribution in [2.75, 3.05) is 6.54 Å². The standard InChI is InChI=1S/C13H16N2O5S/c16-12(17)7-4-9-14-13(18)15-21(19,20)10-8-11-5-2-1-3-6-11/h1-3,5-6,8,10H,4,7,9H2,(H,16,17)(H2,14,15,18). The van der Waals surface area contributed by atoms with Gasteiger partial charge in [0.25, 0.3) is 10.0 Å². The molecular weight excluding hydrogens is 296 g/mol. The number of carbonyl (C=O) groups is 2. The Bertz CT molecular complexity index is 611. The highest BCUT2D eigenvalue weighted by Gasteiger charge is 2.10. The summed E-state index contributed by atoms with van der Waals surface area (Å²) in [7, 11) is -3.89. The lowest BCUT2D eigenvalue weighted by molar-refractivity contribution is -0.137. The molecule has 0 aliphatic rings. The van der Waals surface area contributed by atoms with Gasteiger partial charge in [-0.15, -0.1) is 0 Å². The number of rotatable bonds is 7. The minimum Gasteiger partial charge on any atom is -0.481 e. The van der Waals surface area contributed by atoms with Crippen LogP contribution in [0.2, 0.25) is 0 Å². The molecule has 0 bridgehead atoms. The molecule has 0 radical (unpaired) electrons. The summed E-state index contributed by atoms with van der Waals surface area (Å²) in [6.45, 7) is 0.0794. The first-order valence-electron chi connectivity index (χ1n) is 6.14. The van der Waals surface area contributed by atoms with Crippen LogP contribution < -0.4 is 10.0 Å². The number of sulfonamides is 1. The van der Waals surface area contributed by atoms with E-state index in [1.807, 2.05) is 0 Å². The summed E-state index contributed by atoms with van der Waals surface area (Å²) in [5.41, 5.74) is 0.685. The monoisotopic (exact) mass is 312 g/mol. The molecule has 0 saturated heterocycles. The van der Waals surface area contributed by atoms with Crippen LogP contribution in [0.3, 0.4) is 0 Å². The van der Waals surface area contributed by atoms with Gasteiger partial charge >= 0.3 is 12.0 Å². The zero-order valence-electron chi connectivity index (χ0n) is 11.2. The van der Waals surface area contributed by atoms with Gasteiger partial charge in [-0.3, -0.25) is 4.79 Å². The van der Waals surface area contributed by atoms with E-state index >= 15 is 0 Å². The second-order valence-electron chi connectivity index (χ2n) is 4.11. The normalized spacial score (nSPS) is 11.2. The van der Waals surface area contributed by atoms with Crippen LogP contribution in [0.4, 0.5) is 4.79 Å². The van der Waals surface area contributed by atoms with E-state index < -0.39 is 22.0 Å². The van der Waals surface area contributed by atoms with Crippen molar-refractivity contribution in [3.8, 4) is 0 Å². The highest BCUT2D eigenvalue weighted by Crippen LogP contribution is 2.02. The summed E-state index contributed by atoms with van der Waals surface area (Å²) in [5, 5.41) is 11.6. The maximum Gasteiger partial charge on any atom is 0.328 e. The molecule has 2 amide bonds. The summed E-state index contributed by atoms with van der Waals surface area (Å²) in [4.78, 5) is 21.6. The molecule has 21 heavy (non-hydrogen) atoms. The fourth-order valence-electron chi connectivity index (χ4n) is 1.37. The van der Waals surface area contributed by atoms with Gasteiger partial charge < -0.3 is 10.4 Å². The Morgan fingerprint density at radius 2 is 1.86 bits per heavy atom. The van der Waals surface area contributed by atoms with Gasteiger partial charge in [0.05, 0.1) is 5.41 Å². The number of carboxylic acids is 1. The molecule has 1 aromatic carbocycles. The molecule has 3 N–H and O–H groups in total. The fourth-order valence-corrected chi connectivity index (χ4v) is 2.11. The Hall–Kier alpha value is -2.35. The molecule has 0 heterocycles. The van der Waals surface area contributed by atoms with E-state index in [0.29, 0.717) is 5.56 Å². The van der Waals surface area contributed by atoms with Crippen LogP contribution >= 0.6 is 0 Å². The van der Waals surface area contributed by atoms with Gasteiger partial charge in [0.2, 0.25) is 0 Å². The van der Waals surface area contributed by atoms with Crippen molar-refractivity contribution in [1.29, 1.82) is 0 Å².